The monoisotopic (exact) mass is 291 g/mol. The number of aryl methyl sites for hydroxylation is 1. The van der Waals surface area contributed by atoms with Crippen LogP contribution >= 0.6 is 15.9 Å². The molecule has 0 aliphatic rings. The molecule has 0 spiro atoms. The summed E-state index contributed by atoms with van der Waals surface area (Å²) in [5, 5.41) is 13.2. The van der Waals surface area contributed by atoms with E-state index >= 15 is 0 Å². The maximum absolute atomic E-state index is 4.18. The lowest BCUT2D eigenvalue weighted by Crippen LogP contribution is -2.00. The van der Waals surface area contributed by atoms with Crippen molar-refractivity contribution in [2.24, 2.45) is 7.05 Å². The van der Waals surface area contributed by atoms with Gasteiger partial charge < -0.3 is 4.57 Å². The zero-order chi connectivity index (χ0) is 11.8. The Hall–Kier alpha value is -1.69. The van der Waals surface area contributed by atoms with Gasteiger partial charge in [-0.15, -0.1) is 10.2 Å². The molecule has 0 bridgehead atoms. The minimum absolute atomic E-state index is 0.633. The Bertz CT molecular complexity index is 669. The molecule has 2 heterocycles. The molecule has 0 saturated heterocycles. The van der Waals surface area contributed by atoms with E-state index in [0.29, 0.717) is 12.4 Å². The molecule has 3 rings (SSSR count). The Morgan fingerprint density at radius 3 is 2.94 bits per heavy atom. The third kappa shape index (κ3) is 1.84. The molecule has 5 nitrogen and oxygen atoms in total. The molecule has 3 aromatic rings. The molecule has 0 aliphatic carbocycles. The van der Waals surface area contributed by atoms with Crippen LogP contribution in [0.2, 0.25) is 0 Å². The van der Waals surface area contributed by atoms with Crippen molar-refractivity contribution in [3.05, 3.63) is 40.8 Å². The molecule has 6 heteroatoms. The lowest BCUT2D eigenvalue weighted by Gasteiger charge is -2.01. The van der Waals surface area contributed by atoms with Crippen LogP contribution in [0.3, 0.4) is 0 Å². The summed E-state index contributed by atoms with van der Waals surface area (Å²) >= 11 is 3.54. The molecule has 0 unspecified atom stereocenters. The van der Waals surface area contributed by atoms with Gasteiger partial charge >= 0.3 is 0 Å². The molecule has 0 saturated carbocycles. The first-order chi connectivity index (χ1) is 8.24. The molecule has 1 aromatic carbocycles. The quantitative estimate of drug-likeness (QED) is 0.725. The maximum Gasteiger partial charge on any atom is 0.194 e. The van der Waals surface area contributed by atoms with Crippen LogP contribution in [0.15, 0.2) is 34.9 Å². The van der Waals surface area contributed by atoms with Crippen LogP contribution < -0.4 is 0 Å². The van der Waals surface area contributed by atoms with Crippen LogP contribution in [0, 0.1) is 0 Å². The van der Waals surface area contributed by atoms with Crippen molar-refractivity contribution < 1.29 is 0 Å². The highest BCUT2D eigenvalue weighted by molar-refractivity contribution is 9.10. The van der Waals surface area contributed by atoms with Gasteiger partial charge in [0.1, 0.15) is 0 Å². The number of rotatable bonds is 2. The zero-order valence-corrected chi connectivity index (χ0v) is 10.8. The number of aromatic nitrogens is 5. The topological polar surface area (TPSA) is 48.5 Å². The van der Waals surface area contributed by atoms with E-state index in [1.54, 1.807) is 7.05 Å². The summed E-state index contributed by atoms with van der Waals surface area (Å²) in [6.45, 7) is 0.633. The molecule has 17 heavy (non-hydrogen) atoms. The van der Waals surface area contributed by atoms with Gasteiger partial charge in [0.25, 0.3) is 0 Å². The Kier molecular flexibility index (Phi) is 2.44. The van der Waals surface area contributed by atoms with Crippen molar-refractivity contribution in [3.63, 3.8) is 0 Å². The fourth-order valence-corrected chi connectivity index (χ4v) is 2.35. The van der Waals surface area contributed by atoms with Gasteiger partial charge in [0.2, 0.25) is 0 Å². The molecule has 0 fully saturated rings. The molecule has 0 aliphatic heterocycles. The van der Waals surface area contributed by atoms with Gasteiger partial charge in [-0.25, -0.2) is 0 Å². The molecule has 0 N–H and O–H groups in total. The maximum atomic E-state index is 4.18. The highest BCUT2D eigenvalue weighted by Crippen LogP contribution is 2.24. The average Bonchev–Trinajstić information content (AvgIpc) is 2.88. The van der Waals surface area contributed by atoms with E-state index in [1.165, 1.54) is 10.2 Å². The van der Waals surface area contributed by atoms with Gasteiger partial charge in [-0.3, -0.25) is 0 Å². The summed E-state index contributed by atoms with van der Waals surface area (Å²) < 4.78 is 3.21. The van der Waals surface area contributed by atoms with Gasteiger partial charge in [-0.1, -0.05) is 22.0 Å². The fraction of sp³-hybridized carbons (Fsp3) is 0.182. The second-order valence-corrected chi connectivity index (χ2v) is 4.67. The predicted octanol–water partition coefficient (Wildman–Crippen LogP) is 1.98. The van der Waals surface area contributed by atoms with Crippen LogP contribution in [-0.2, 0) is 13.6 Å². The van der Waals surface area contributed by atoms with E-state index in [4.69, 9.17) is 0 Å². The molecule has 0 amide bonds. The van der Waals surface area contributed by atoms with Crippen molar-refractivity contribution in [1.82, 2.24) is 24.8 Å². The number of tetrazole rings is 1. The van der Waals surface area contributed by atoms with Crippen molar-refractivity contribution in [2.45, 2.75) is 6.54 Å². The van der Waals surface area contributed by atoms with Crippen molar-refractivity contribution >= 4 is 26.8 Å². The summed E-state index contributed by atoms with van der Waals surface area (Å²) in [6.07, 6.45) is 2.03. The number of halogens is 1. The Morgan fingerprint density at radius 1 is 1.29 bits per heavy atom. The fourth-order valence-electron chi connectivity index (χ4n) is 1.86. The van der Waals surface area contributed by atoms with Crippen LogP contribution in [0.5, 0.6) is 0 Å². The molecular formula is C11H10BrN5. The molecule has 2 aromatic heterocycles. The van der Waals surface area contributed by atoms with Crippen molar-refractivity contribution in [2.75, 3.05) is 0 Å². The van der Waals surface area contributed by atoms with E-state index < -0.39 is 0 Å². The smallest absolute Gasteiger partial charge is 0.194 e. The van der Waals surface area contributed by atoms with E-state index in [1.807, 2.05) is 18.3 Å². The van der Waals surface area contributed by atoms with Gasteiger partial charge in [0, 0.05) is 21.6 Å². The second-order valence-electron chi connectivity index (χ2n) is 3.81. The van der Waals surface area contributed by atoms with Crippen LogP contribution in [0.25, 0.3) is 10.9 Å². The van der Waals surface area contributed by atoms with Crippen LogP contribution in [0.1, 0.15) is 5.82 Å². The number of benzene rings is 1. The van der Waals surface area contributed by atoms with Gasteiger partial charge in [0.05, 0.1) is 13.6 Å². The van der Waals surface area contributed by atoms with Gasteiger partial charge in [-0.2, -0.15) is 4.80 Å². The van der Waals surface area contributed by atoms with Gasteiger partial charge in [-0.05, 0) is 23.4 Å². The van der Waals surface area contributed by atoms with Crippen molar-refractivity contribution in [3.8, 4) is 0 Å². The molecule has 0 radical (unpaired) electrons. The SMILES string of the molecule is Cn1nnc(Cn2ccc3c(Br)cccc32)n1. The summed E-state index contributed by atoms with van der Waals surface area (Å²) in [4.78, 5) is 1.47. The number of hydrogen-bond donors (Lipinski definition) is 0. The highest BCUT2D eigenvalue weighted by Gasteiger charge is 2.06. The normalized spacial score (nSPS) is 11.2. The lowest BCUT2D eigenvalue weighted by molar-refractivity contribution is 0.626. The standard InChI is InChI=1S/C11H10BrN5/c1-16-14-11(13-15-16)7-17-6-5-8-9(12)3-2-4-10(8)17/h2-6H,7H2,1H3. The Balaban J connectivity index is 2.04. The third-order valence-corrected chi connectivity index (χ3v) is 3.31. The van der Waals surface area contributed by atoms with E-state index in [2.05, 4.69) is 48.0 Å². The third-order valence-electron chi connectivity index (χ3n) is 2.62. The lowest BCUT2D eigenvalue weighted by atomic mass is 10.2. The number of fused-ring (bicyclic) bond motifs is 1. The molecular weight excluding hydrogens is 282 g/mol. The van der Waals surface area contributed by atoms with Crippen LogP contribution in [0.4, 0.5) is 0 Å². The minimum Gasteiger partial charge on any atom is -0.340 e. The minimum atomic E-state index is 0.633. The second kappa shape index (κ2) is 3.96. The zero-order valence-electron chi connectivity index (χ0n) is 9.21. The number of hydrogen-bond acceptors (Lipinski definition) is 3. The highest BCUT2D eigenvalue weighted by atomic mass is 79.9. The Labute approximate surface area is 106 Å². The Morgan fingerprint density at radius 2 is 2.18 bits per heavy atom. The number of nitrogens with zero attached hydrogens (tertiary/aromatic N) is 5. The first-order valence-electron chi connectivity index (χ1n) is 5.20. The molecule has 0 atom stereocenters. The van der Waals surface area contributed by atoms with Gasteiger partial charge in [0.15, 0.2) is 5.82 Å². The summed E-state index contributed by atoms with van der Waals surface area (Å²) in [5.74, 6) is 0.713. The first kappa shape index (κ1) is 10.5. The summed E-state index contributed by atoms with van der Waals surface area (Å²) in [7, 11) is 1.76. The first-order valence-corrected chi connectivity index (χ1v) is 5.99. The largest absolute Gasteiger partial charge is 0.340 e. The van der Waals surface area contributed by atoms with Crippen LogP contribution in [-0.4, -0.2) is 24.8 Å². The van der Waals surface area contributed by atoms with E-state index in [9.17, 15) is 0 Å². The predicted molar refractivity (Wildman–Crippen MR) is 67.5 cm³/mol. The van der Waals surface area contributed by atoms with Crippen molar-refractivity contribution in [1.29, 1.82) is 0 Å². The summed E-state index contributed by atoms with van der Waals surface area (Å²) in [5.41, 5.74) is 1.16. The average molecular weight is 292 g/mol. The molecule has 86 valence electrons. The van der Waals surface area contributed by atoms with E-state index in [-0.39, 0.29) is 0 Å². The van der Waals surface area contributed by atoms with E-state index in [0.717, 1.165) is 9.99 Å². The summed E-state index contributed by atoms with van der Waals surface area (Å²) in [6, 6.07) is 8.21.